The number of allylic oxidation sites excluding steroid dienone is 1. The van der Waals surface area contributed by atoms with E-state index in [1.165, 1.54) is 0 Å². The molecule has 0 aliphatic rings. The molecule has 1 aromatic heterocycles. The molecular formula is C9H7BrO3. The normalized spacial score (nSPS) is 11.6. The number of hydrogen-bond acceptors (Lipinski definition) is 2. The van der Waals surface area contributed by atoms with E-state index in [1.807, 2.05) is 0 Å². The Hall–Kier alpha value is -1.29. The molecule has 0 saturated carbocycles. The van der Waals surface area contributed by atoms with Crippen molar-refractivity contribution >= 4 is 34.6 Å². The third-order valence-electron chi connectivity index (χ3n) is 1.44. The van der Waals surface area contributed by atoms with Gasteiger partial charge in [-0.1, -0.05) is 29.1 Å². The number of halogens is 1. The summed E-state index contributed by atoms with van der Waals surface area (Å²) < 4.78 is 5.44. The molecule has 0 aromatic carbocycles. The molecule has 0 atom stereocenters. The first-order valence-electron chi connectivity index (χ1n) is 3.38. The number of hydrogen-bond donors (Lipinski definition) is 1. The van der Waals surface area contributed by atoms with E-state index < -0.39 is 5.97 Å². The van der Waals surface area contributed by atoms with E-state index in [9.17, 15) is 4.79 Å². The number of carbonyl (C=O) groups is 1. The van der Waals surface area contributed by atoms with Gasteiger partial charge in [-0.2, -0.15) is 0 Å². The summed E-state index contributed by atoms with van der Waals surface area (Å²) in [6.07, 6.45) is 2.71. The number of furan rings is 1. The fraction of sp³-hybridized carbons (Fsp3) is 0. The lowest BCUT2D eigenvalue weighted by atomic mass is 10.2. The van der Waals surface area contributed by atoms with E-state index >= 15 is 0 Å². The largest absolute Gasteiger partial charge is 0.478 e. The van der Waals surface area contributed by atoms with Crippen molar-refractivity contribution in [2.75, 3.05) is 0 Å². The van der Waals surface area contributed by atoms with E-state index in [0.717, 1.165) is 6.26 Å². The standard InChI is InChI=1S/C9H7BrO3/c1-5(10)3-7-6(2)13-4-8(7)9(11)12/h3-4H,1-2H2,(H,11,12)/b7-3+. The van der Waals surface area contributed by atoms with Crippen LogP contribution in [0, 0.1) is 0 Å². The molecule has 0 spiro atoms. The summed E-state index contributed by atoms with van der Waals surface area (Å²) in [5.74, 6) is -1.04. The predicted octanol–water partition coefficient (Wildman–Crippen LogP) is 1.08. The van der Waals surface area contributed by atoms with Crippen molar-refractivity contribution in [2.24, 2.45) is 0 Å². The zero-order valence-electron chi connectivity index (χ0n) is 6.71. The Balaban J connectivity index is 3.50. The number of rotatable bonds is 2. The summed E-state index contributed by atoms with van der Waals surface area (Å²) in [7, 11) is 0. The van der Waals surface area contributed by atoms with Crippen molar-refractivity contribution in [1.29, 1.82) is 0 Å². The Morgan fingerprint density at radius 2 is 2.31 bits per heavy atom. The third kappa shape index (κ3) is 2.09. The van der Waals surface area contributed by atoms with Crippen molar-refractivity contribution in [1.82, 2.24) is 0 Å². The van der Waals surface area contributed by atoms with Gasteiger partial charge in [0.05, 0.1) is 0 Å². The third-order valence-corrected chi connectivity index (χ3v) is 1.67. The van der Waals surface area contributed by atoms with Crippen LogP contribution in [0.1, 0.15) is 10.4 Å². The summed E-state index contributed by atoms with van der Waals surface area (Å²) in [6, 6.07) is 0. The first kappa shape index (κ1) is 9.80. The summed E-state index contributed by atoms with van der Waals surface area (Å²) in [5.41, 5.74) is 0.406. The van der Waals surface area contributed by atoms with Gasteiger partial charge in [-0.3, -0.25) is 0 Å². The summed E-state index contributed by atoms with van der Waals surface area (Å²) >= 11 is 3.10. The fourth-order valence-corrected chi connectivity index (χ4v) is 1.12. The highest BCUT2D eigenvalue weighted by Gasteiger charge is 2.07. The topological polar surface area (TPSA) is 50.4 Å². The lowest BCUT2D eigenvalue weighted by Crippen LogP contribution is -2.23. The van der Waals surface area contributed by atoms with Crippen LogP contribution < -0.4 is 10.6 Å². The van der Waals surface area contributed by atoms with Gasteiger partial charge in [0.15, 0.2) is 0 Å². The van der Waals surface area contributed by atoms with Gasteiger partial charge in [0.1, 0.15) is 17.2 Å². The monoisotopic (exact) mass is 242 g/mol. The summed E-state index contributed by atoms with van der Waals surface area (Å²) in [4.78, 5) is 10.7. The molecule has 3 nitrogen and oxygen atoms in total. The molecular weight excluding hydrogens is 236 g/mol. The molecule has 4 heteroatoms. The number of carboxylic acid groups (broad SMARTS) is 1. The van der Waals surface area contributed by atoms with Gasteiger partial charge in [0, 0.05) is 9.70 Å². The van der Waals surface area contributed by atoms with Crippen molar-refractivity contribution in [3.63, 3.8) is 0 Å². The molecule has 0 aliphatic heterocycles. The van der Waals surface area contributed by atoms with Crippen LogP contribution in [0.3, 0.4) is 0 Å². The molecule has 0 unspecified atom stereocenters. The molecule has 1 N–H and O–H groups in total. The Labute approximate surface area is 82.8 Å². The second kappa shape index (κ2) is 3.62. The highest BCUT2D eigenvalue weighted by atomic mass is 79.9. The van der Waals surface area contributed by atoms with Crippen molar-refractivity contribution in [2.45, 2.75) is 0 Å². The quantitative estimate of drug-likeness (QED) is 0.845. The van der Waals surface area contributed by atoms with E-state index in [1.54, 1.807) is 6.08 Å². The minimum atomic E-state index is -1.04. The average Bonchev–Trinajstić information content (AvgIpc) is 2.32. The molecule has 1 heterocycles. The second-order valence-electron chi connectivity index (χ2n) is 2.38. The number of aromatic carboxylic acids is 1. The zero-order valence-corrected chi connectivity index (χ0v) is 8.30. The second-order valence-corrected chi connectivity index (χ2v) is 3.40. The Bertz CT molecular complexity index is 456. The van der Waals surface area contributed by atoms with Crippen LogP contribution in [0.25, 0.3) is 12.7 Å². The van der Waals surface area contributed by atoms with Gasteiger partial charge in [-0.05, 0) is 6.08 Å². The molecule has 1 aromatic rings. The molecule has 0 bridgehead atoms. The maximum Gasteiger partial charge on any atom is 0.339 e. The number of carboxylic acids is 1. The van der Waals surface area contributed by atoms with Crippen molar-refractivity contribution < 1.29 is 14.3 Å². The molecule has 1 rings (SSSR count). The zero-order chi connectivity index (χ0) is 10.0. The van der Waals surface area contributed by atoms with E-state index in [-0.39, 0.29) is 5.56 Å². The van der Waals surface area contributed by atoms with Crippen LogP contribution in [0.4, 0.5) is 0 Å². The molecule has 68 valence electrons. The Kier molecular flexibility index (Phi) is 2.72. The van der Waals surface area contributed by atoms with Crippen LogP contribution in [-0.4, -0.2) is 11.1 Å². The van der Waals surface area contributed by atoms with Gasteiger partial charge >= 0.3 is 5.97 Å². The molecule has 0 fully saturated rings. The first-order chi connectivity index (χ1) is 6.02. The molecule has 0 aliphatic carbocycles. The van der Waals surface area contributed by atoms with Crippen molar-refractivity contribution in [3.8, 4) is 0 Å². The maximum atomic E-state index is 10.7. The smallest absolute Gasteiger partial charge is 0.339 e. The molecule has 0 amide bonds. The van der Waals surface area contributed by atoms with Crippen LogP contribution >= 0.6 is 15.9 Å². The van der Waals surface area contributed by atoms with Crippen LogP contribution in [0.5, 0.6) is 0 Å². The van der Waals surface area contributed by atoms with Gasteiger partial charge < -0.3 is 9.52 Å². The average molecular weight is 243 g/mol. The predicted molar refractivity (Wildman–Crippen MR) is 53.0 cm³/mol. The highest BCUT2D eigenvalue weighted by Crippen LogP contribution is 2.01. The minimum Gasteiger partial charge on any atom is -0.478 e. The first-order valence-corrected chi connectivity index (χ1v) is 4.17. The van der Waals surface area contributed by atoms with Crippen LogP contribution in [0.2, 0.25) is 0 Å². The van der Waals surface area contributed by atoms with E-state index in [2.05, 4.69) is 29.1 Å². The molecule has 0 radical (unpaired) electrons. The Morgan fingerprint density at radius 3 is 2.77 bits per heavy atom. The van der Waals surface area contributed by atoms with E-state index in [0.29, 0.717) is 15.1 Å². The lowest BCUT2D eigenvalue weighted by Gasteiger charge is -1.85. The lowest BCUT2D eigenvalue weighted by molar-refractivity contribution is 0.0695. The van der Waals surface area contributed by atoms with Gasteiger partial charge in [0.25, 0.3) is 0 Å². The van der Waals surface area contributed by atoms with Crippen molar-refractivity contribution in [3.05, 3.63) is 33.5 Å². The Morgan fingerprint density at radius 1 is 1.69 bits per heavy atom. The molecule has 13 heavy (non-hydrogen) atoms. The van der Waals surface area contributed by atoms with Gasteiger partial charge in [-0.15, -0.1) is 0 Å². The summed E-state index contributed by atoms with van der Waals surface area (Å²) in [5, 5.41) is 9.18. The van der Waals surface area contributed by atoms with E-state index in [4.69, 9.17) is 9.52 Å². The van der Waals surface area contributed by atoms with Gasteiger partial charge in [0.2, 0.25) is 0 Å². The fourth-order valence-electron chi connectivity index (χ4n) is 0.888. The summed E-state index contributed by atoms with van der Waals surface area (Å²) in [6.45, 7) is 7.12. The maximum absolute atomic E-state index is 10.7. The molecule has 0 saturated heterocycles. The minimum absolute atomic E-state index is 0.0885. The van der Waals surface area contributed by atoms with Crippen LogP contribution in [0.15, 0.2) is 21.7 Å². The highest BCUT2D eigenvalue weighted by molar-refractivity contribution is 9.12. The van der Waals surface area contributed by atoms with Gasteiger partial charge in [-0.25, -0.2) is 4.79 Å². The van der Waals surface area contributed by atoms with Crippen LogP contribution in [-0.2, 0) is 0 Å². The SMILES string of the molecule is C=C(Br)/C=c1/c(C(=O)O)coc1=C.